The van der Waals surface area contributed by atoms with Crippen molar-refractivity contribution in [2.75, 3.05) is 120 Å². The molecule has 0 bridgehead atoms. The minimum absolute atomic E-state index is 0. The molecule has 3 saturated heterocycles. The quantitative estimate of drug-likeness (QED) is 0.0142. The predicted molar refractivity (Wildman–Crippen MR) is 356 cm³/mol. The molecule has 0 aromatic rings. The van der Waals surface area contributed by atoms with Gasteiger partial charge in [0.2, 0.25) is 0 Å². The molecule has 15 atom stereocenters. The van der Waals surface area contributed by atoms with E-state index in [0.717, 1.165) is 82.4 Å². The number of rotatable bonds is 29. The molecule has 0 spiro atoms. The number of thioether (sulfide) groups is 2. The Hall–Kier alpha value is 10.1. The van der Waals surface area contributed by atoms with E-state index in [0.29, 0.717) is 49.0 Å². The first-order valence-corrected chi connectivity index (χ1v) is 32.7. The van der Waals surface area contributed by atoms with E-state index >= 15 is 0 Å². The second kappa shape index (κ2) is 94.9. The van der Waals surface area contributed by atoms with Gasteiger partial charge in [-0.15, -0.1) is 41.2 Å². The summed E-state index contributed by atoms with van der Waals surface area (Å²) in [6.45, 7) is 7.22. The second-order valence-corrected chi connectivity index (χ2v) is 23.7. The Balaban J connectivity index is -0.0000000655. The third kappa shape index (κ3) is 78.6. The van der Waals surface area contributed by atoms with Crippen LogP contribution >= 0.6 is 68.8 Å². The zero-order chi connectivity index (χ0) is 72.2. The van der Waals surface area contributed by atoms with Crippen molar-refractivity contribution in [1.29, 1.82) is 5.41 Å². The summed E-state index contributed by atoms with van der Waals surface area (Å²) in [4.78, 5) is 32.2. The summed E-state index contributed by atoms with van der Waals surface area (Å²) in [6, 6.07) is 0. The summed E-state index contributed by atoms with van der Waals surface area (Å²) in [7, 11) is 9.86. The van der Waals surface area contributed by atoms with Crippen LogP contribution in [0.25, 0.3) is 0 Å². The number of nitrogens with two attached hydrogens (primary N) is 1. The fraction of sp³-hybridized carbons (Fsp3) is 0.926. The first kappa shape index (κ1) is 147. The Morgan fingerprint density at radius 2 is 0.804 bits per heavy atom. The Morgan fingerprint density at radius 1 is 0.490 bits per heavy atom. The molecule has 29 nitrogen and oxygen atoms in total. The molecule has 0 aliphatic carbocycles. The number of hydrogen-bond donors (Lipinski definition) is 21. The van der Waals surface area contributed by atoms with Gasteiger partial charge in [-0.1, -0.05) is 60.8 Å². The molecule has 15 unspecified atom stereocenters. The van der Waals surface area contributed by atoms with E-state index in [1.54, 1.807) is 0 Å². The standard InChI is InChI=1S/C11H23NO5S.C8H14F3NO.C7H12F3NO2.C7H14N2O5S.C6H11BrO5.C5H11NO2.C5H13NO.C5H13N.8Ac.BrH.ClH/c1-12-4-2-3-5-18-11-10(16)9(15)8(14)7(6-13)17-11;1-3-4-5-6-12(2)7(13)8(9,10)11;1-11(4-2-3-5-12)6(13)7(8,9)10;8-7(9)15-6-5(13)4(12)3(11)2(1-10)14-6;7-6-5(11)4(10)3(9)2(1-8)12-6;1-6-4-2-3-5(7)8;1-6-4-2-3-5-7;1-3-4-5-6-2;;;;;;;;;;/h7-16H,2-6H2,1H3;3-6H2,1-2H3;12H,2-5H2,1H3;2-6,10-13H,1H2,(H3,8,9);2-6,8-11H,1H2;6H,2-4H2,1H3,(H,7,8);6-7H,2-5H2,1H3;6H,3-5H2,1-2H3;;;;;;;;;2*1H. The van der Waals surface area contributed by atoms with Crippen molar-refractivity contribution < 1.29 is 484 Å². The number of amides is 2. The van der Waals surface area contributed by atoms with Gasteiger partial charge in [-0.3, -0.25) is 19.8 Å². The number of alkyl halides is 7. The van der Waals surface area contributed by atoms with Gasteiger partial charge in [-0.2, -0.15) is 26.3 Å². The van der Waals surface area contributed by atoms with E-state index in [4.69, 9.17) is 61.1 Å². The molecule has 102 heavy (non-hydrogen) atoms. The van der Waals surface area contributed by atoms with E-state index in [-0.39, 0.29) is 420 Å². The molecule has 2 amide bonds. The number of carbonyl (C=O) groups is 3. The van der Waals surface area contributed by atoms with Crippen molar-refractivity contribution >= 4 is 91.8 Å². The van der Waals surface area contributed by atoms with Gasteiger partial charge < -0.3 is 128 Å². The molecule has 3 heterocycles. The third-order valence-corrected chi connectivity index (χ3v) is 15.4. The number of carbonyl (C=O) groups excluding carboxylic acids is 2. The number of unbranched alkanes of at least 4 members (excludes halogenated alkanes) is 6. The molecule has 0 saturated carbocycles. The van der Waals surface area contributed by atoms with Crippen molar-refractivity contribution in [3.63, 3.8) is 0 Å². The van der Waals surface area contributed by atoms with Gasteiger partial charge in [0.25, 0.3) is 0 Å². The van der Waals surface area contributed by atoms with Gasteiger partial charge in [0.1, 0.15) is 89.1 Å². The molecule has 0 aromatic heterocycles. The summed E-state index contributed by atoms with van der Waals surface area (Å²) in [5, 5.41) is 154. The molecule has 3 rings (SSSR count). The number of nitrogens with one attached hydrogen (secondary N) is 5. The van der Waals surface area contributed by atoms with Crippen LogP contribution in [0.1, 0.15) is 97.3 Å². The summed E-state index contributed by atoms with van der Waals surface area (Å²) >= 11 is 5.06. The minimum Gasteiger partial charge on any atom is -0.481 e. The van der Waals surface area contributed by atoms with Crippen LogP contribution in [0.4, 0.5) is 26.3 Å². The number of nitrogens with zero attached hydrogens (tertiary/aromatic N) is 2. The Morgan fingerprint density at radius 3 is 1.13 bits per heavy atom. The SMILES string of the molecule is Br.CCCCCN(C)C(=O)C(F)(F)F.CCCCNC.CN(CCCCO)C(=O)C(F)(F)F.CNCCCC(=O)O.CNCCCCO.CNCCCCSC1OC(CO)C(O)C(O)C1O.Cl.N=C(N)SC1OC(CO)C(O)C(O)C1O.OCC1OC(Br)C(O)C(O)C1O.[Ac].[Ac].[Ac].[Ac].[Ac].[Ac].[Ac].[Ac]. The zero-order valence-electron chi connectivity index (χ0n) is 59.4. The van der Waals surface area contributed by atoms with E-state index in [1.807, 2.05) is 35.1 Å². The normalized spacial score (nSPS) is 23.2. The van der Waals surface area contributed by atoms with Gasteiger partial charge >= 0.3 is 30.1 Å². The van der Waals surface area contributed by atoms with Crippen LogP contribution in [0.5, 0.6) is 0 Å². The molecular weight excluding hydrogens is 3290 g/mol. The van der Waals surface area contributed by atoms with Gasteiger partial charge in [0.15, 0.2) is 5.17 Å². The summed E-state index contributed by atoms with van der Waals surface area (Å²) in [6.07, 6.45) is -13.0. The molecule has 3 fully saturated rings. The minimum atomic E-state index is -4.80. The first-order chi connectivity index (χ1) is 43.0. The molecular formula is C54H113Ac8Br2ClF6N8O21S2. The number of aliphatic carboxylic acids is 1. The van der Waals surface area contributed by atoms with Crippen LogP contribution in [0.2, 0.25) is 0 Å². The predicted octanol–water partition coefficient (Wildman–Crippen LogP) is -0.855. The number of carboxylic acid groups (broad SMARTS) is 1. The average molecular weight is 3400 g/mol. The molecule has 0 aromatic carbocycles. The molecule has 3 aliphatic heterocycles. The van der Waals surface area contributed by atoms with Gasteiger partial charge in [-0.25, -0.2) is 0 Å². The maximum atomic E-state index is 11.8. The fourth-order valence-corrected chi connectivity index (χ4v) is 9.55. The number of aliphatic hydroxyl groups is 14. The largest absolute Gasteiger partial charge is 0.481 e. The smallest absolute Gasteiger partial charge is 0.471 e. The van der Waals surface area contributed by atoms with Crippen LogP contribution < -0.4 is 27.0 Å². The summed E-state index contributed by atoms with van der Waals surface area (Å²) in [5.41, 5.74) is 3.54. The number of hydrogen-bond acceptors (Lipinski definition) is 27. The van der Waals surface area contributed by atoms with Gasteiger partial charge in [-0.05, 0) is 118 Å². The molecule has 3 aliphatic rings. The van der Waals surface area contributed by atoms with Crippen LogP contribution in [-0.4, -0.2) is 331 Å². The van der Waals surface area contributed by atoms with Crippen molar-refractivity contribution in [1.82, 2.24) is 31.1 Å². The Labute approximate surface area is 918 Å². The monoisotopic (exact) mass is 3400 g/mol. The van der Waals surface area contributed by atoms with Gasteiger partial charge in [0, 0.05) is 399 Å². The van der Waals surface area contributed by atoms with E-state index in [1.165, 1.54) is 31.7 Å². The summed E-state index contributed by atoms with van der Waals surface area (Å²) in [5.74, 6) is -3.53. The number of amidine groups is 1. The van der Waals surface area contributed by atoms with Crippen LogP contribution in [0.15, 0.2) is 0 Å². The van der Waals surface area contributed by atoms with Crippen molar-refractivity contribution in [3.05, 3.63) is 0 Å². The second-order valence-electron chi connectivity index (χ2n) is 20.4. The van der Waals surface area contributed by atoms with E-state index in [9.17, 15) is 81.6 Å². The topological polar surface area (TPSA) is 487 Å². The first-order valence-electron chi connectivity index (χ1n) is 29.9. The molecule has 594 valence electrons. The average Bonchev–Trinajstić information content (AvgIpc) is 0.836. The number of ether oxygens (including phenoxy) is 3. The number of carboxylic acids is 1. The Bertz CT molecular complexity index is 1790. The molecule has 8 radical (unpaired) electrons. The van der Waals surface area contributed by atoms with Crippen LogP contribution in [-0.2, 0) is 28.6 Å². The van der Waals surface area contributed by atoms with Crippen LogP contribution in [0.3, 0.4) is 0 Å². The third-order valence-electron chi connectivity index (χ3n) is 12.5. The number of aliphatic hydroxyl groups excluding tert-OH is 14. The molecule has 48 heteroatoms. The van der Waals surface area contributed by atoms with Crippen molar-refractivity contribution in [2.24, 2.45) is 5.73 Å². The maximum absolute atomic E-state index is 11.8. The van der Waals surface area contributed by atoms with Crippen molar-refractivity contribution in [2.45, 2.75) is 199 Å². The summed E-state index contributed by atoms with van der Waals surface area (Å²) < 4.78 is 86.1. The zero-order valence-corrected chi connectivity index (χ0v) is 103. The van der Waals surface area contributed by atoms with Gasteiger partial charge in [0.05, 0.1) is 19.8 Å². The van der Waals surface area contributed by atoms with Crippen LogP contribution in [0, 0.1) is 358 Å². The van der Waals surface area contributed by atoms with E-state index in [2.05, 4.69) is 44.1 Å². The van der Waals surface area contributed by atoms with Crippen molar-refractivity contribution in [3.8, 4) is 0 Å². The maximum Gasteiger partial charge on any atom is 0.471 e. The Kier molecular flexibility index (Phi) is 137. The number of halogens is 9. The molecule has 22 N–H and O–H groups in total. The fourth-order valence-electron chi connectivity index (χ4n) is 7.03. The van der Waals surface area contributed by atoms with E-state index < -0.39 is 132 Å².